The summed E-state index contributed by atoms with van der Waals surface area (Å²) < 4.78 is 11.6. The summed E-state index contributed by atoms with van der Waals surface area (Å²) in [5.41, 5.74) is 7.51. The molecule has 34 heavy (non-hydrogen) atoms. The Labute approximate surface area is 199 Å². The molecule has 0 fully saturated rings. The Bertz CT molecular complexity index is 1260. The lowest BCUT2D eigenvalue weighted by Crippen LogP contribution is -2.47. The van der Waals surface area contributed by atoms with Crippen molar-refractivity contribution in [2.24, 2.45) is 17.1 Å². The molecular formula is C27H25N5O2. The van der Waals surface area contributed by atoms with Gasteiger partial charge in [0.15, 0.2) is 16.9 Å². The molecular weight excluding hydrogens is 426 g/mol. The number of methoxy groups -OCH3 is 1. The van der Waals surface area contributed by atoms with Crippen molar-refractivity contribution in [1.29, 1.82) is 15.8 Å². The molecule has 0 spiro atoms. The van der Waals surface area contributed by atoms with Gasteiger partial charge in [-0.2, -0.15) is 15.8 Å². The van der Waals surface area contributed by atoms with E-state index in [-0.39, 0.29) is 17.2 Å². The number of benzene rings is 2. The lowest BCUT2D eigenvalue weighted by Gasteiger charge is -2.45. The fourth-order valence-electron chi connectivity index (χ4n) is 4.93. The molecule has 7 nitrogen and oxygen atoms in total. The minimum absolute atomic E-state index is 0.0143. The molecule has 2 aromatic carbocycles. The third-order valence-electron chi connectivity index (χ3n) is 6.63. The molecule has 0 aromatic heterocycles. The monoisotopic (exact) mass is 451 g/mol. The highest BCUT2D eigenvalue weighted by molar-refractivity contribution is 5.60. The van der Waals surface area contributed by atoms with Gasteiger partial charge in [0.2, 0.25) is 0 Å². The van der Waals surface area contributed by atoms with E-state index in [2.05, 4.69) is 23.1 Å². The van der Waals surface area contributed by atoms with Crippen molar-refractivity contribution in [3.8, 4) is 29.7 Å². The third kappa shape index (κ3) is 3.75. The molecule has 1 heterocycles. The van der Waals surface area contributed by atoms with Crippen LogP contribution in [0, 0.1) is 45.3 Å². The second kappa shape index (κ2) is 9.32. The van der Waals surface area contributed by atoms with E-state index >= 15 is 0 Å². The van der Waals surface area contributed by atoms with Gasteiger partial charge in [-0.05, 0) is 35.9 Å². The highest BCUT2D eigenvalue weighted by Crippen LogP contribution is 2.54. The van der Waals surface area contributed by atoms with Crippen LogP contribution >= 0.6 is 0 Å². The number of nitrogens with two attached hydrogens (primary N) is 1. The molecule has 7 heteroatoms. The maximum Gasteiger partial charge on any atom is 0.191 e. The first-order valence-corrected chi connectivity index (χ1v) is 11.0. The molecule has 4 rings (SSSR count). The van der Waals surface area contributed by atoms with Crippen molar-refractivity contribution >= 4 is 0 Å². The smallest absolute Gasteiger partial charge is 0.191 e. The summed E-state index contributed by atoms with van der Waals surface area (Å²) in [5.74, 6) is 0.233. The van der Waals surface area contributed by atoms with E-state index in [0.717, 1.165) is 16.7 Å². The molecule has 1 aliphatic heterocycles. The number of nitrogens with zero attached hydrogens (tertiary/aromatic N) is 4. The van der Waals surface area contributed by atoms with Crippen molar-refractivity contribution in [2.45, 2.75) is 12.5 Å². The molecule has 0 unspecified atom stereocenters. The maximum absolute atomic E-state index is 10.2. The summed E-state index contributed by atoms with van der Waals surface area (Å²) in [6, 6.07) is 21.7. The lowest BCUT2D eigenvalue weighted by atomic mass is 9.58. The van der Waals surface area contributed by atoms with Crippen LogP contribution in [-0.2, 0) is 6.61 Å². The number of allylic oxidation sites excluding steroid dienone is 2. The number of fused-ring (bicyclic) bond motifs is 1. The first-order chi connectivity index (χ1) is 16.5. The second-order valence-electron chi connectivity index (χ2n) is 8.58. The van der Waals surface area contributed by atoms with Crippen molar-refractivity contribution in [3.05, 3.63) is 82.6 Å². The Morgan fingerprint density at radius 3 is 2.47 bits per heavy atom. The summed E-state index contributed by atoms with van der Waals surface area (Å²) in [5, 5.41) is 30.3. The Balaban J connectivity index is 1.80. The molecule has 0 radical (unpaired) electrons. The molecule has 0 saturated carbocycles. The summed E-state index contributed by atoms with van der Waals surface area (Å²) >= 11 is 0. The van der Waals surface area contributed by atoms with Crippen molar-refractivity contribution < 1.29 is 9.47 Å². The number of likely N-dealkylation sites (N-methyl/N-ethyl adjacent to an activating group) is 1. The zero-order valence-electron chi connectivity index (χ0n) is 19.2. The molecule has 0 saturated heterocycles. The molecule has 0 amide bonds. The average Bonchev–Trinajstić information content (AvgIpc) is 2.87. The highest BCUT2D eigenvalue weighted by atomic mass is 16.5. The summed E-state index contributed by atoms with van der Waals surface area (Å²) in [4.78, 5) is 2.10. The molecule has 1 aliphatic carbocycles. The number of hydrogen-bond acceptors (Lipinski definition) is 7. The Morgan fingerprint density at radius 1 is 1.09 bits per heavy atom. The fraction of sp³-hybridized carbons (Fsp3) is 0.296. The Morgan fingerprint density at radius 2 is 1.82 bits per heavy atom. The van der Waals surface area contributed by atoms with Gasteiger partial charge in [-0.25, -0.2) is 0 Å². The van der Waals surface area contributed by atoms with Crippen LogP contribution in [0.1, 0.15) is 17.0 Å². The predicted octanol–water partition coefficient (Wildman–Crippen LogP) is 3.63. The molecule has 2 N–H and O–H groups in total. The van der Waals surface area contributed by atoms with Crippen LogP contribution in [0.15, 0.2) is 71.5 Å². The van der Waals surface area contributed by atoms with Crippen LogP contribution in [0.2, 0.25) is 0 Å². The average molecular weight is 452 g/mol. The van der Waals surface area contributed by atoms with E-state index in [4.69, 9.17) is 15.2 Å². The standard InChI is InChI=1S/C27H25N5O2/c1-32-11-10-20-21(13-28)26(31)27(16-29,17-30)25(22(20)14-32)19-8-9-23(24(12-19)33-2)34-15-18-6-4-3-5-7-18/h3-10,12,22,25H,11,14-15,31H2,1-2H3/t22-,25+/m1/s1. The van der Waals surface area contributed by atoms with Gasteiger partial charge in [0, 0.05) is 24.9 Å². The van der Waals surface area contributed by atoms with Gasteiger partial charge in [0.05, 0.1) is 30.5 Å². The summed E-state index contributed by atoms with van der Waals surface area (Å²) in [6.45, 7) is 1.63. The number of hydrogen-bond donors (Lipinski definition) is 1. The van der Waals surface area contributed by atoms with E-state index in [1.165, 1.54) is 0 Å². The zero-order chi connectivity index (χ0) is 24.3. The zero-order valence-corrected chi connectivity index (χ0v) is 19.2. The SMILES string of the molecule is COc1cc([C@H]2[C@@H]3CN(C)CC=C3C(C#N)=C(N)C2(C#N)C#N)ccc1OCc1ccccc1. The van der Waals surface area contributed by atoms with E-state index in [0.29, 0.717) is 31.2 Å². The molecule has 2 aliphatic rings. The van der Waals surface area contributed by atoms with Gasteiger partial charge in [0.25, 0.3) is 0 Å². The van der Waals surface area contributed by atoms with Crippen molar-refractivity contribution in [1.82, 2.24) is 4.90 Å². The van der Waals surface area contributed by atoms with Gasteiger partial charge in [-0.15, -0.1) is 0 Å². The van der Waals surface area contributed by atoms with E-state index in [1.807, 2.05) is 55.6 Å². The van der Waals surface area contributed by atoms with Gasteiger partial charge >= 0.3 is 0 Å². The fourth-order valence-corrected chi connectivity index (χ4v) is 4.93. The predicted molar refractivity (Wildman–Crippen MR) is 126 cm³/mol. The summed E-state index contributed by atoms with van der Waals surface area (Å²) in [7, 11) is 3.53. The van der Waals surface area contributed by atoms with Crippen molar-refractivity contribution in [2.75, 3.05) is 27.2 Å². The minimum atomic E-state index is -1.68. The normalized spacial score (nSPS) is 21.3. The topological polar surface area (TPSA) is 119 Å². The summed E-state index contributed by atoms with van der Waals surface area (Å²) in [6.07, 6.45) is 1.97. The number of ether oxygens (including phenoxy) is 2. The molecule has 170 valence electrons. The van der Waals surface area contributed by atoms with Crippen LogP contribution in [-0.4, -0.2) is 32.1 Å². The van der Waals surface area contributed by atoms with Crippen molar-refractivity contribution in [3.63, 3.8) is 0 Å². The van der Waals surface area contributed by atoms with Gasteiger partial charge < -0.3 is 20.1 Å². The highest BCUT2D eigenvalue weighted by Gasteiger charge is 2.54. The van der Waals surface area contributed by atoms with Gasteiger partial charge in [0.1, 0.15) is 12.7 Å². The van der Waals surface area contributed by atoms with E-state index in [9.17, 15) is 15.8 Å². The van der Waals surface area contributed by atoms with Crippen LogP contribution in [0.3, 0.4) is 0 Å². The van der Waals surface area contributed by atoms with E-state index < -0.39 is 11.3 Å². The quantitative estimate of drug-likeness (QED) is 0.737. The van der Waals surface area contributed by atoms with Crippen LogP contribution in [0.5, 0.6) is 11.5 Å². The maximum atomic E-state index is 10.2. The first kappa shape index (κ1) is 22.9. The molecule has 2 atom stereocenters. The number of rotatable bonds is 5. The first-order valence-electron chi connectivity index (χ1n) is 11.0. The third-order valence-corrected chi connectivity index (χ3v) is 6.63. The molecule has 0 bridgehead atoms. The second-order valence-corrected chi connectivity index (χ2v) is 8.58. The Kier molecular flexibility index (Phi) is 6.28. The molecule has 2 aromatic rings. The minimum Gasteiger partial charge on any atom is -0.493 e. The van der Waals surface area contributed by atoms with E-state index in [1.54, 1.807) is 13.2 Å². The van der Waals surface area contributed by atoms with Gasteiger partial charge in [-0.3, -0.25) is 0 Å². The number of nitriles is 3. The lowest BCUT2D eigenvalue weighted by molar-refractivity contribution is 0.237. The van der Waals surface area contributed by atoms with Crippen LogP contribution in [0.4, 0.5) is 0 Å². The Hall–Kier alpha value is -4.25. The van der Waals surface area contributed by atoms with Crippen LogP contribution in [0.25, 0.3) is 0 Å². The van der Waals surface area contributed by atoms with Crippen LogP contribution < -0.4 is 15.2 Å². The van der Waals surface area contributed by atoms with Gasteiger partial charge in [-0.1, -0.05) is 42.5 Å². The largest absolute Gasteiger partial charge is 0.493 e.